The first kappa shape index (κ1) is 16.5. The number of hydrogen-bond acceptors (Lipinski definition) is 2. The molecule has 3 nitrogen and oxygen atoms in total. The van der Waals surface area contributed by atoms with Gasteiger partial charge in [-0.25, -0.2) is 0 Å². The van der Waals surface area contributed by atoms with Crippen molar-refractivity contribution >= 4 is 27.7 Å². The molecule has 1 heterocycles. The lowest BCUT2D eigenvalue weighted by Crippen LogP contribution is -2.30. The molecule has 0 saturated heterocycles. The topological polar surface area (TPSA) is 37.4 Å². The number of halogens is 1. The van der Waals surface area contributed by atoms with E-state index in [1.54, 1.807) is 24.3 Å². The zero-order valence-corrected chi connectivity index (χ0v) is 14.7. The van der Waals surface area contributed by atoms with Crippen LogP contribution in [0.25, 0.3) is 0 Å². The summed E-state index contributed by atoms with van der Waals surface area (Å²) in [4.78, 5) is 25.8. The maximum atomic E-state index is 12.2. The molecule has 0 fully saturated rings. The van der Waals surface area contributed by atoms with Crippen molar-refractivity contribution in [2.24, 2.45) is 0 Å². The average Bonchev–Trinajstić information content (AvgIpc) is 2.84. The first-order valence-corrected chi connectivity index (χ1v) is 8.66. The Bertz CT molecular complexity index is 813. The van der Waals surface area contributed by atoms with Crippen molar-refractivity contribution in [1.82, 2.24) is 4.90 Å². The van der Waals surface area contributed by atoms with Crippen LogP contribution in [0.2, 0.25) is 0 Å². The molecule has 0 radical (unpaired) electrons. The highest BCUT2D eigenvalue weighted by Crippen LogP contribution is 2.22. The molecule has 0 atom stereocenters. The summed E-state index contributed by atoms with van der Waals surface area (Å²) < 4.78 is 0.989. The average molecular weight is 382 g/mol. The zero-order chi connectivity index (χ0) is 16.9. The predicted octanol–water partition coefficient (Wildman–Crippen LogP) is 4.27. The fourth-order valence-electron chi connectivity index (χ4n) is 2.65. The third kappa shape index (κ3) is 3.42. The van der Waals surface area contributed by atoms with Crippen LogP contribution < -0.4 is 0 Å². The lowest BCUT2D eigenvalue weighted by molar-refractivity contribution is 0.0652. The van der Waals surface area contributed by atoms with Gasteiger partial charge in [0, 0.05) is 23.0 Å². The molecule has 120 valence electrons. The Balaban J connectivity index is 1.49. The van der Waals surface area contributed by atoms with Crippen molar-refractivity contribution in [2.45, 2.75) is 19.3 Å². The Kier molecular flexibility index (Phi) is 5.12. The number of fused-ring (bicyclic) bond motifs is 1. The van der Waals surface area contributed by atoms with Crippen LogP contribution in [0.5, 0.6) is 0 Å². The highest BCUT2D eigenvalue weighted by molar-refractivity contribution is 9.10. The minimum absolute atomic E-state index is 0.185. The number of rotatable bonds is 4. The molecule has 3 rings (SSSR count). The van der Waals surface area contributed by atoms with Crippen LogP contribution in [0.1, 0.15) is 45.5 Å². The molecule has 0 N–H and O–H groups in total. The van der Waals surface area contributed by atoms with Gasteiger partial charge >= 0.3 is 0 Å². The maximum Gasteiger partial charge on any atom is 0.261 e. The van der Waals surface area contributed by atoms with Gasteiger partial charge in [-0.15, -0.1) is 0 Å². The zero-order valence-electron chi connectivity index (χ0n) is 13.1. The smallest absolute Gasteiger partial charge is 0.261 e. The molecule has 24 heavy (non-hydrogen) atoms. The van der Waals surface area contributed by atoms with Gasteiger partial charge in [-0.2, -0.15) is 0 Å². The largest absolute Gasteiger partial charge is 0.274 e. The van der Waals surface area contributed by atoms with Crippen LogP contribution in [0.15, 0.2) is 53.0 Å². The summed E-state index contributed by atoms with van der Waals surface area (Å²) in [5.74, 6) is 5.90. The van der Waals surface area contributed by atoms with Gasteiger partial charge in [-0.1, -0.05) is 36.1 Å². The third-order valence-electron chi connectivity index (χ3n) is 3.91. The fraction of sp³-hybridized carbons (Fsp3) is 0.200. The second-order valence-corrected chi connectivity index (χ2v) is 6.40. The van der Waals surface area contributed by atoms with Gasteiger partial charge in [-0.05, 0) is 53.0 Å². The lowest BCUT2D eigenvalue weighted by Gasteiger charge is -2.12. The molecule has 2 aromatic rings. The normalized spacial score (nSPS) is 12.8. The highest BCUT2D eigenvalue weighted by atomic mass is 79.9. The second kappa shape index (κ2) is 7.46. The van der Waals surface area contributed by atoms with Crippen LogP contribution in [-0.4, -0.2) is 23.3 Å². The standard InChI is InChI=1S/C20H16BrNO2/c21-18-13-7-4-10-15(18)9-3-1-2-8-14-22-19(23)16-11-5-6-12-17(16)20(22)24/h4-7,10-13H,1-2,8,14H2. The minimum atomic E-state index is -0.185. The summed E-state index contributed by atoms with van der Waals surface area (Å²) in [6, 6.07) is 14.8. The number of carbonyl (C=O) groups is 2. The molecular formula is C20H16BrNO2. The molecule has 0 unspecified atom stereocenters. The van der Waals surface area contributed by atoms with Crippen LogP contribution in [0, 0.1) is 11.8 Å². The van der Waals surface area contributed by atoms with Crippen molar-refractivity contribution in [1.29, 1.82) is 0 Å². The number of carbonyl (C=O) groups excluding carboxylic acids is 2. The van der Waals surface area contributed by atoms with Gasteiger partial charge in [0.25, 0.3) is 11.8 Å². The third-order valence-corrected chi connectivity index (χ3v) is 4.60. The fourth-order valence-corrected chi connectivity index (χ4v) is 3.03. The Morgan fingerprint density at radius 2 is 1.50 bits per heavy atom. The number of benzene rings is 2. The van der Waals surface area contributed by atoms with Crippen LogP contribution in [0.3, 0.4) is 0 Å². The van der Waals surface area contributed by atoms with E-state index in [1.807, 2.05) is 24.3 Å². The number of amides is 2. The summed E-state index contributed by atoms with van der Waals surface area (Å²) >= 11 is 3.47. The van der Waals surface area contributed by atoms with E-state index in [9.17, 15) is 9.59 Å². The first-order chi connectivity index (χ1) is 11.7. The van der Waals surface area contributed by atoms with Gasteiger partial charge in [-0.3, -0.25) is 14.5 Å². The molecule has 4 heteroatoms. The van der Waals surface area contributed by atoms with Crippen LogP contribution in [0.4, 0.5) is 0 Å². The number of hydrogen-bond donors (Lipinski definition) is 0. The van der Waals surface area contributed by atoms with Gasteiger partial charge in [0.1, 0.15) is 0 Å². The maximum absolute atomic E-state index is 12.2. The van der Waals surface area contributed by atoms with Gasteiger partial charge < -0.3 is 0 Å². The monoisotopic (exact) mass is 381 g/mol. The molecule has 2 amide bonds. The minimum Gasteiger partial charge on any atom is -0.274 e. The first-order valence-electron chi connectivity index (χ1n) is 7.87. The summed E-state index contributed by atoms with van der Waals surface area (Å²) in [6.07, 6.45) is 2.35. The number of unbranched alkanes of at least 4 members (excludes halogenated alkanes) is 2. The summed E-state index contributed by atoms with van der Waals surface area (Å²) in [7, 11) is 0. The molecule has 2 aromatic carbocycles. The van der Waals surface area contributed by atoms with E-state index in [0.717, 1.165) is 29.3 Å². The lowest BCUT2D eigenvalue weighted by atomic mass is 10.1. The predicted molar refractivity (Wildman–Crippen MR) is 96.7 cm³/mol. The van der Waals surface area contributed by atoms with E-state index < -0.39 is 0 Å². The van der Waals surface area contributed by atoms with E-state index in [2.05, 4.69) is 27.8 Å². The molecule has 0 aromatic heterocycles. The van der Waals surface area contributed by atoms with Crippen molar-refractivity contribution in [2.75, 3.05) is 6.54 Å². The number of imide groups is 1. The van der Waals surface area contributed by atoms with Crippen molar-refractivity contribution in [3.05, 3.63) is 69.7 Å². The Morgan fingerprint density at radius 3 is 2.17 bits per heavy atom. The SMILES string of the molecule is O=C1c2ccccc2C(=O)N1CCCCC#Cc1ccccc1Br. The summed E-state index contributed by atoms with van der Waals surface area (Å²) in [5, 5.41) is 0. The molecule has 0 bridgehead atoms. The molecule has 1 aliphatic rings. The van der Waals surface area contributed by atoms with Crippen LogP contribution in [-0.2, 0) is 0 Å². The number of nitrogens with zero attached hydrogens (tertiary/aromatic N) is 1. The van der Waals surface area contributed by atoms with E-state index in [4.69, 9.17) is 0 Å². The highest BCUT2D eigenvalue weighted by Gasteiger charge is 2.34. The Labute approximate surface area is 149 Å². The van der Waals surface area contributed by atoms with Gasteiger partial charge in [0.05, 0.1) is 11.1 Å². The molecule has 0 aliphatic carbocycles. The molecule has 0 spiro atoms. The summed E-state index contributed by atoms with van der Waals surface area (Å²) in [5.41, 5.74) is 1.99. The summed E-state index contributed by atoms with van der Waals surface area (Å²) in [6.45, 7) is 0.447. The van der Waals surface area contributed by atoms with Crippen molar-refractivity contribution in [3.8, 4) is 11.8 Å². The van der Waals surface area contributed by atoms with Crippen molar-refractivity contribution in [3.63, 3.8) is 0 Å². The van der Waals surface area contributed by atoms with E-state index >= 15 is 0 Å². The molecular weight excluding hydrogens is 366 g/mol. The van der Waals surface area contributed by atoms with E-state index in [1.165, 1.54) is 4.90 Å². The van der Waals surface area contributed by atoms with Crippen LogP contribution >= 0.6 is 15.9 Å². The van der Waals surface area contributed by atoms with Gasteiger partial charge in [0.2, 0.25) is 0 Å². The van der Waals surface area contributed by atoms with E-state index in [0.29, 0.717) is 17.7 Å². The molecule has 1 aliphatic heterocycles. The van der Waals surface area contributed by atoms with E-state index in [-0.39, 0.29) is 11.8 Å². The van der Waals surface area contributed by atoms with Crippen molar-refractivity contribution < 1.29 is 9.59 Å². The quantitative estimate of drug-likeness (QED) is 0.450. The Morgan fingerprint density at radius 1 is 0.875 bits per heavy atom. The Hall–Kier alpha value is -2.38. The second-order valence-electron chi connectivity index (χ2n) is 5.55. The van der Waals surface area contributed by atoms with Gasteiger partial charge in [0.15, 0.2) is 0 Å². The molecule has 0 saturated carbocycles.